The number of rotatable bonds is 47. The van der Waals surface area contributed by atoms with Gasteiger partial charge in [0.05, 0.1) is 0 Å². The van der Waals surface area contributed by atoms with Gasteiger partial charge < -0.3 is 0 Å². The molecule has 0 nitrogen and oxygen atoms in total. The van der Waals surface area contributed by atoms with E-state index in [-0.39, 0.29) is 0 Å². The summed E-state index contributed by atoms with van der Waals surface area (Å²) in [4.78, 5) is 0. The van der Waals surface area contributed by atoms with Gasteiger partial charge in [-0.15, -0.1) is 0 Å². The molecule has 61 heavy (non-hydrogen) atoms. The first-order chi connectivity index (χ1) is 29.9. The second-order valence-corrected chi connectivity index (χ2v) is 22.4. The lowest BCUT2D eigenvalue weighted by atomic mass is 9.72. The van der Waals surface area contributed by atoms with Crippen molar-refractivity contribution in [3.8, 4) is 0 Å². The van der Waals surface area contributed by atoms with Crippen molar-refractivity contribution in [1.82, 2.24) is 0 Å². The Morgan fingerprint density at radius 3 is 1.16 bits per heavy atom. The molecule has 0 bridgehead atoms. The summed E-state index contributed by atoms with van der Waals surface area (Å²) in [6.45, 7) is 24.3. The van der Waals surface area contributed by atoms with Crippen LogP contribution in [0.1, 0.15) is 318 Å². The van der Waals surface area contributed by atoms with E-state index in [0.29, 0.717) is 0 Å². The summed E-state index contributed by atoms with van der Waals surface area (Å²) < 4.78 is 0. The third-order valence-electron chi connectivity index (χ3n) is 16.5. The van der Waals surface area contributed by atoms with Crippen LogP contribution in [-0.2, 0) is 0 Å². The molecule has 0 N–H and O–H groups in total. The highest BCUT2D eigenvalue weighted by atomic mass is 14.6. The second kappa shape index (κ2) is 38.7. The smallest absolute Gasteiger partial charge is 0.0294 e. The number of hydrogen-bond acceptors (Lipinski definition) is 0. The highest BCUT2D eigenvalue weighted by Gasteiger charge is 2.55. The Balaban J connectivity index is 2.04. The van der Waals surface area contributed by atoms with E-state index >= 15 is 0 Å². The van der Waals surface area contributed by atoms with Gasteiger partial charge in [-0.3, -0.25) is 0 Å². The second-order valence-electron chi connectivity index (χ2n) is 22.4. The Labute approximate surface area is 387 Å². The molecule has 2 fully saturated rings. The van der Waals surface area contributed by atoms with Crippen LogP contribution in [0.5, 0.6) is 0 Å². The fourth-order valence-electron chi connectivity index (χ4n) is 12.6. The van der Waals surface area contributed by atoms with Gasteiger partial charge in [-0.25, -0.2) is 0 Å². The van der Waals surface area contributed by atoms with Crippen LogP contribution < -0.4 is 0 Å². The molecule has 0 spiro atoms. The third kappa shape index (κ3) is 28.2. The van der Waals surface area contributed by atoms with Gasteiger partial charge in [0.15, 0.2) is 0 Å². The molecule has 0 aromatic carbocycles. The van der Waals surface area contributed by atoms with Crippen LogP contribution in [-0.4, -0.2) is 0 Å². The van der Waals surface area contributed by atoms with E-state index in [1.54, 1.807) is 24.0 Å². The maximum atomic E-state index is 4.92. The van der Waals surface area contributed by atoms with Crippen molar-refractivity contribution in [2.75, 3.05) is 0 Å². The quantitative estimate of drug-likeness (QED) is 0.0423. The molecule has 2 saturated carbocycles. The van der Waals surface area contributed by atoms with Crippen molar-refractivity contribution in [2.45, 2.75) is 318 Å². The van der Waals surface area contributed by atoms with Crippen molar-refractivity contribution < 1.29 is 0 Å². The van der Waals surface area contributed by atoms with E-state index in [1.807, 2.05) is 0 Å². The van der Waals surface area contributed by atoms with Gasteiger partial charge in [-0.1, -0.05) is 297 Å². The predicted molar refractivity (Wildman–Crippen MR) is 279 cm³/mol. The van der Waals surface area contributed by atoms with E-state index in [4.69, 9.17) is 13.2 Å². The fraction of sp³-hybridized carbons (Fsp3) is 0.934. The lowest BCUT2D eigenvalue weighted by molar-refractivity contribution is 0.192. The maximum absolute atomic E-state index is 4.92. The van der Waals surface area contributed by atoms with Gasteiger partial charge >= 0.3 is 0 Å². The van der Waals surface area contributed by atoms with Gasteiger partial charge in [-0.2, -0.15) is 0 Å². The predicted octanol–water partition coefficient (Wildman–Crippen LogP) is 21.9. The largest absolute Gasteiger partial charge is 0.0999 e. The lowest BCUT2D eigenvalue weighted by Crippen LogP contribution is -2.24. The van der Waals surface area contributed by atoms with Gasteiger partial charge in [0.2, 0.25) is 0 Å². The van der Waals surface area contributed by atoms with E-state index in [9.17, 15) is 0 Å². The monoisotopic (exact) mass is 849 g/mol. The molecule has 0 aliphatic heterocycles. The van der Waals surface area contributed by atoms with Crippen LogP contribution in [0.25, 0.3) is 0 Å². The molecular formula is C61H116. The Kier molecular flexibility index (Phi) is 35.9. The summed E-state index contributed by atoms with van der Waals surface area (Å²) in [6.07, 6.45) is 61.5. The first-order valence-corrected chi connectivity index (χ1v) is 29.2. The average Bonchev–Trinajstić information content (AvgIpc) is 3.97. The Hall–Kier alpha value is -0.520. The number of fused-ring (bicyclic) bond motifs is 1. The van der Waals surface area contributed by atoms with Gasteiger partial charge in [0, 0.05) is 0 Å². The molecule has 0 heteroatoms. The summed E-state index contributed by atoms with van der Waals surface area (Å²) in [5.41, 5.74) is 3.22. The molecule has 0 radical (unpaired) electrons. The van der Waals surface area contributed by atoms with Crippen LogP contribution in [0, 0.1) is 47.3 Å². The van der Waals surface area contributed by atoms with E-state index in [0.717, 1.165) is 47.3 Å². The van der Waals surface area contributed by atoms with Gasteiger partial charge in [-0.05, 0) is 92.3 Å². The van der Waals surface area contributed by atoms with E-state index in [1.165, 1.54) is 263 Å². The van der Waals surface area contributed by atoms with E-state index in [2.05, 4.69) is 41.5 Å². The molecule has 2 aliphatic carbocycles. The van der Waals surface area contributed by atoms with Gasteiger partial charge in [0.25, 0.3) is 0 Å². The summed E-state index contributed by atoms with van der Waals surface area (Å²) >= 11 is 0. The summed E-state index contributed by atoms with van der Waals surface area (Å²) in [7, 11) is 0. The maximum Gasteiger partial charge on any atom is -0.0294 e. The van der Waals surface area contributed by atoms with Crippen LogP contribution in [0.3, 0.4) is 0 Å². The minimum absolute atomic E-state index is 0.773. The minimum atomic E-state index is 0.773. The normalized spacial score (nSPS) is 19.5. The van der Waals surface area contributed by atoms with Crippen LogP contribution >= 0.6 is 0 Å². The standard InChI is InChI=1S/C61H116/c1-9-14-19-23-27-31-36-40-55(41-37-32-28-24-20-15-10-2)48-52(6)45-46-58(60-50-57(44-35-18-13-5)59-51-61(59)60)54(8)47-53(7)49-56(42-38-33-29-25-21-16-11-3)43-39-34-30-26-22-17-12-4/h54-61H,6-7,9-51H2,1-5,8H3. The van der Waals surface area contributed by atoms with Crippen molar-refractivity contribution >= 4 is 0 Å². The zero-order valence-corrected chi connectivity index (χ0v) is 43.4. The van der Waals surface area contributed by atoms with Crippen molar-refractivity contribution in [1.29, 1.82) is 0 Å². The fourth-order valence-corrected chi connectivity index (χ4v) is 12.6. The molecule has 2 rings (SSSR count). The summed E-state index contributed by atoms with van der Waals surface area (Å²) in [6, 6.07) is 0. The van der Waals surface area contributed by atoms with Crippen LogP contribution in [0.2, 0.25) is 0 Å². The number of hydrogen-bond donors (Lipinski definition) is 0. The van der Waals surface area contributed by atoms with Crippen molar-refractivity contribution in [3.63, 3.8) is 0 Å². The molecule has 6 atom stereocenters. The zero-order valence-electron chi connectivity index (χ0n) is 43.4. The Morgan fingerprint density at radius 2 is 0.754 bits per heavy atom. The highest BCUT2D eigenvalue weighted by Crippen LogP contribution is 2.63. The van der Waals surface area contributed by atoms with Crippen molar-refractivity contribution in [2.24, 2.45) is 47.3 Å². The third-order valence-corrected chi connectivity index (χ3v) is 16.5. The molecule has 0 aromatic heterocycles. The first kappa shape index (κ1) is 56.6. The molecule has 2 aliphatic rings. The SMILES string of the molecule is C=C(CCC(C(C)CC(=C)CC(CCCCCCCCC)CCCCCCCCC)C1CC(CCCCC)C2CC21)CC(CCCCCCCCC)CCCCCCCCC. The molecule has 0 amide bonds. The first-order valence-electron chi connectivity index (χ1n) is 29.2. The lowest BCUT2D eigenvalue weighted by Gasteiger charge is -2.33. The van der Waals surface area contributed by atoms with Crippen LogP contribution in [0.15, 0.2) is 24.3 Å². The van der Waals surface area contributed by atoms with E-state index < -0.39 is 0 Å². The number of allylic oxidation sites excluding steroid dienone is 2. The summed E-state index contributed by atoms with van der Waals surface area (Å²) in [5, 5.41) is 0. The topological polar surface area (TPSA) is 0 Å². The minimum Gasteiger partial charge on any atom is -0.0999 e. The van der Waals surface area contributed by atoms with Crippen LogP contribution in [0.4, 0.5) is 0 Å². The van der Waals surface area contributed by atoms with Gasteiger partial charge in [0.1, 0.15) is 0 Å². The molecule has 360 valence electrons. The summed E-state index contributed by atoms with van der Waals surface area (Å²) in [5.74, 6) is 7.51. The number of unbranched alkanes of at least 4 members (excludes halogenated alkanes) is 26. The molecule has 0 aromatic rings. The Bertz CT molecular complexity index is 952. The Morgan fingerprint density at radius 1 is 0.393 bits per heavy atom. The zero-order chi connectivity index (χ0) is 44.2. The average molecular weight is 850 g/mol. The highest BCUT2D eigenvalue weighted by molar-refractivity contribution is 5.07. The van der Waals surface area contributed by atoms with Crippen molar-refractivity contribution in [3.05, 3.63) is 24.3 Å². The molecule has 0 heterocycles. The molecule has 6 unspecified atom stereocenters. The molecule has 0 saturated heterocycles. The molecular weight excluding hydrogens is 733 g/mol.